The Labute approximate surface area is 116 Å². The Hall–Kier alpha value is -1.06. The van der Waals surface area contributed by atoms with Gasteiger partial charge in [-0.1, -0.05) is 32.0 Å². The average molecular weight is 262 g/mol. The first kappa shape index (κ1) is 14.4. The van der Waals surface area contributed by atoms with E-state index in [0.29, 0.717) is 12.1 Å². The maximum Gasteiger partial charge on any atom is 0.0721 e. The number of ether oxygens (including phenoxy) is 1. The van der Waals surface area contributed by atoms with Crippen LogP contribution in [0.5, 0.6) is 0 Å². The van der Waals surface area contributed by atoms with Gasteiger partial charge < -0.3 is 15.0 Å². The van der Waals surface area contributed by atoms with Crippen molar-refractivity contribution in [1.29, 1.82) is 0 Å². The first-order valence-electron chi connectivity index (χ1n) is 7.34. The second kappa shape index (κ2) is 6.92. The predicted molar refractivity (Wildman–Crippen MR) is 80.7 cm³/mol. The molecule has 0 radical (unpaired) electrons. The molecular formula is C16H26N2O. The lowest BCUT2D eigenvalue weighted by molar-refractivity contribution is 0.0821. The Morgan fingerprint density at radius 2 is 2.16 bits per heavy atom. The molecule has 0 saturated carbocycles. The molecule has 2 rings (SSSR count). The summed E-state index contributed by atoms with van der Waals surface area (Å²) in [6.07, 6.45) is 1.42. The van der Waals surface area contributed by atoms with E-state index in [0.717, 1.165) is 32.7 Å². The molecule has 1 atom stereocenters. The van der Waals surface area contributed by atoms with Gasteiger partial charge in [0.05, 0.1) is 6.10 Å². The van der Waals surface area contributed by atoms with Gasteiger partial charge in [-0.3, -0.25) is 0 Å². The van der Waals surface area contributed by atoms with Gasteiger partial charge in [-0.15, -0.1) is 0 Å². The summed E-state index contributed by atoms with van der Waals surface area (Å²) in [5.41, 5.74) is 2.73. The topological polar surface area (TPSA) is 24.5 Å². The minimum absolute atomic E-state index is 0.314. The van der Waals surface area contributed by atoms with E-state index in [2.05, 4.69) is 55.3 Å². The van der Waals surface area contributed by atoms with Crippen molar-refractivity contribution >= 4 is 5.69 Å². The summed E-state index contributed by atoms with van der Waals surface area (Å²) in [7, 11) is 0. The van der Waals surface area contributed by atoms with Crippen molar-refractivity contribution in [2.45, 2.75) is 45.9 Å². The van der Waals surface area contributed by atoms with Crippen LogP contribution >= 0.6 is 0 Å². The van der Waals surface area contributed by atoms with Crippen LogP contribution in [-0.4, -0.2) is 31.8 Å². The molecule has 1 aromatic rings. The van der Waals surface area contributed by atoms with Crippen LogP contribution in [-0.2, 0) is 11.3 Å². The van der Waals surface area contributed by atoms with E-state index < -0.39 is 0 Å². The molecule has 1 saturated heterocycles. The molecule has 0 amide bonds. The van der Waals surface area contributed by atoms with Gasteiger partial charge in [0.15, 0.2) is 0 Å². The normalized spacial score (nSPS) is 20.6. The molecule has 3 heteroatoms. The van der Waals surface area contributed by atoms with E-state index >= 15 is 0 Å². The summed E-state index contributed by atoms with van der Waals surface area (Å²) >= 11 is 0. The number of anilines is 1. The number of nitrogens with zero attached hydrogens (tertiary/aromatic N) is 1. The highest BCUT2D eigenvalue weighted by Crippen LogP contribution is 2.22. The number of hydrogen-bond acceptors (Lipinski definition) is 3. The molecule has 1 aliphatic heterocycles. The Morgan fingerprint density at radius 1 is 1.37 bits per heavy atom. The zero-order chi connectivity index (χ0) is 13.7. The van der Waals surface area contributed by atoms with E-state index in [1.165, 1.54) is 11.3 Å². The Bertz CT molecular complexity index is 392. The first-order valence-corrected chi connectivity index (χ1v) is 7.34. The third-order valence-corrected chi connectivity index (χ3v) is 3.49. The van der Waals surface area contributed by atoms with E-state index in [9.17, 15) is 0 Å². The second-order valence-corrected chi connectivity index (χ2v) is 5.65. The number of para-hydroxylation sites is 1. The predicted octanol–water partition coefficient (Wildman–Crippen LogP) is 2.80. The maximum atomic E-state index is 5.74. The van der Waals surface area contributed by atoms with Crippen LogP contribution in [0.2, 0.25) is 0 Å². The largest absolute Gasteiger partial charge is 0.377 e. The molecule has 3 nitrogen and oxygen atoms in total. The Kier molecular flexibility index (Phi) is 5.23. The van der Waals surface area contributed by atoms with Gasteiger partial charge in [-0.2, -0.15) is 0 Å². The third kappa shape index (κ3) is 4.22. The highest BCUT2D eigenvalue weighted by molar-refractivity contribution is 5.53. The van der Waals surface area contributed by atoms with Crippen LogP contribution in [0.25, 0.3) is 0 Å². The van der Waals surface area contributed by atoms with E-state index in [1.54, 1.807) is 0 Å². The molecule has 0 aromatic heterocycles. The molecule has 1 aliphatic rings. The van der Waals surface area contributed by atoms with Crippen LogP contribution in [0.1, 0.15) is 32.8 Å². The average Bonchev–Trinajstić information content (AvgIpc) is 2.61. The van der Waals surface area contributed by atoms with Crippen molar-refractivity contribution in [3.63, 3.8) is 0 Å². The van der Waals surface area contributed by atoms with Gasteiger partial charge in [0.25, 0.3) is 0 Å². The molecule has 1 heterocycles. The summed E-state index contributed by atoms with van der Waals surface area (Å²) in [6.45, 7) is 10.4. The van der Waals surface area contributed by atoms with Crippen LogP contribution in [0, 0.1) is 0 Å². The molecule has 1 fully saturated rings. The zero-order valence-electron chi connectivity index (χ0n) is 12.4. The van der Waals surface area contributed by atoms with Crippen LogP contribution in [0.15, 0.2) is 24.3 Å². The summed E-state index contributed by atoms with van der Waals surface area (Å²) in [6, 6.07) is 9.22. The number of hydrogen-bond donors (Lipinski definition) is 1. The maximum absolute atomic E-state index is 5.74. The molecule has 1 aromatic carbocycles. The molecule has 1 N–H and O–H groups in total. The summed E-state index contributed by atoms with van der Waals surface area (Å²) in [4.78, 5) is 2.47. The third-order valence-electron chi connectivity index (χ3n) is 3.49. The fourth-order valence-corrected chi connectivity index (χ4v) is 2.50. The molecule has 0 spiro atoms. The van der Waals surface area contributed by atoms with E-state index in [1.807, 2.05) is 0 Å². The van der Waals surface area contributed by atoms with E-state index in [4.69, 9.17) is 4.74 Å². The SMILES string of the molecule is CC(C)NCc1ccccc1N1CCCOC(C)C1. The van der Waals surface area contributed by atoms with Gasteiger partial charge in [0.1, 0.15) is 0 Å². The molecule has 19 heavy (non-hydrogen) atoms. The minimum Gasteiger partial charge on any atom is -0.377 e. The lowest BCUT2D eigenvalue weighted by atomic mass is 10.1. The van der Waals surface area contributed by atoms with Gasteiger partial charge in [0, 0.05) is 38.0 Å². The lowest BCUT2D eigenvalue weighted by Gasteiger charge is -2.27. The van der Waals surface area contributed by atoms with Gasteiger partial charge in [0.2, 0.25) is 0 Å². The Balaban J connectivity index is 2.13. The molecule has 106 valence electrons. The molecular weight excluding hydrogens is 236 g/mol. The van der Waals surface area contributed by atoms with Crippen molar-refractivity contribution in [2.24, 2.45) is 0 Å². The summed E-state index contributed by atoms with van der Waals surface area (Å²) in [5.74, 6) is 0. The van der Waals surface area contributed by atoms with Crippen molar-refractivity contribution in [1.82, 2.24) is 5.32 Å². The number of rotatable bonds is 4. The molecule has 0 bridgehead atoms. The standard InChI is InChI=1S/C16H26N2O/c1-13(2)17-11-15-7-4-5-8-16(15)18-9-6-10-19-14(3)12-18/h4-5,7-8,13-14,17H,6,9-12H2,1-3H3. The van der Waals surface area contributed by atoms with Crippen molar-refractivity contribution in [2.75, 3.05) is 24.6 Å². The van der Waals surface area contributed by atoms with Crippen LogP contribution in [0.3, 0.4) is 0 Å². The zero-order valence-corrected chi connectivity index (χ0v) is 12.4. The number of benzene rings is 1. The van der Waals surface area contributed by atoms with Crippen molar-refractivity contribution in [3.05, 3.63) is 29.8 Å². The minimum atomic E-state index is 0.314. The monoisotopic (exact) mass is 262 g/mol. The lowest BCUT2D eigenvalue weighted by Crippen LogP contribution is -2.32. The fraction of sp³-hybridized carbons (Fsp3) is 0.625. The highest BCUT2D eigenvalue weighted by atomic mass is 16.5. The van der Waals surface area contributed by atoms with Crippen LogP contribution < -0.4 is 10.2 Å². The van der Waals surface area contributed by atoms with E-state index in [-0.39, 0.29) is 0 Å². The highest BCUT2D eigenvalue weighted by Gasteiger charge is 2.17. The van der Waals surface area contributed by atoms with Crippen LogP contribution in [0.4, 0.5) is 5.69 Å². The van der Waals surface area contributed by atoms with Gasteiger partial charge in [-0.05, 0) is 25.0 Å². The number of nitrogens with one attached hydrogen (secondary N) is 1. The first-order chi connectivity index (χ1) is 9.16. The quantitative estimate of drug-likeness (QED) is 0.903. The van der Waals surface area contributed by atoms with Gasteiger partial charge >= 0.3 is 0 Å². The van der Waals surface area contributed by atoms with Gasteiger partial charge in [-0.25, -0.2) is 0 Å². The molecule has 0 aliphatic carbocycles. The smallest absolute Gasteiger partial charge is 0.0721 e. The summed E-state index contributed by atoms with van der Waals surface area (Å²) < 4.78 is 5.74. The fourth-order valence-electron chi connectivity index (χ4n) is 2.50. The second-order valence-electron chi connectivity index (χ2n) is 5.65. The van der Waals surface area contributed by atoms with Crippen molar-refractivity contribution < 1.29 is 4.74 Å². The Morgan fingerprint density at radius 3 is 2.95 bits per heavy atom. The summed E-state index contributed by atoms with van der Waals surface area (Å²) in [5, 5.41) is 3.51. The molecule has 1 unspecified atom stereocenters. The van der Waals surface area contributed by atoms with Crippen molar-refractivity contribution in [3.8, 4) is 0 Å².